The third kappa shape index (κ3) is 3.53. The molecule has 0 amide bonds. The number of Topliss-reactive ketones (excluding diaryl/α,β-unsaturated/α-hetero) is 1. The Hall–Kier alpha value is -1.62. The van der Waals surface area contributed by atoms with Gasteiger partial charge in [-0.25, -0.2) is 4.39 Å². The van der Waals surface area contributed by atoms with E-state index in [9.17, 15) is 19.1 Å². The maximum atomic E-state index is 14.8. The van der Waals surface area contributed by atoms with E-state index in [4.69, 9.17) is 16.3 Å². The Morgan fingerprint density at radius 1 is 1.07 bits per heavy atom. The van der Waals surface area contributed by atoms with Crippen molar-refractivity contribution in [1.29, 1.82) is 0 Å². The van der Waals surface area contributed by atoms with Crippen molar-refractivity contribution in [2.24, 2.45) is 35.0 Å². The molecule has 0 aromatic heterocycles. The van der Waals surface area contributed by atoms with Crippen LogP contribution in [0.4, 0.5) is 4.39 Å². The van der Waals surface area contributed by atoms with Crippen LogP contribution in [0.5, 0.6) is 5.75 Å². The summed E-state index contributed by atoms with van der Waals surface area (Å²) in [5.41, 5.74) is 0.0574. The molecule has 2 atom stereocenters. The minimum atomic E-state index is -0.993. The number of carboxylic acid groups (broad SMARTS) is 1. The van der Waals surface area contributed by atoms with Gasteiger partial charge >= 0.3 is 5.97 Å². The molecule has 0 saturated heterocycles. The number of halogens is 2. The van der Waals surface area contributed by atoms with Gasteiger partial charge in [-0.1, -0.05) is 18.0 Å². The van der Waals surface area contributed by atoms with Gasteiger partial charge in [-0.3, -0.25) is 9.59 Å². The molecule has 0 aliphatic heterocycles. The number of hydrogen-bond donors (Lipinski definition) is 1. The first-order chi connectivity index (χ1) is 14.3. The largest absolute Gasteiger partial charge is 0.491 e. The molecule has 0 spiro atoms. The van der Waals surface area contributed by atoms with Crippen molar-refractivity contribution in [3.63, 3.8) is 0 Å². The number of carbonyl (C=O) groups excluding carboxylic acids is 1. The zero-order chi connectivity index (χ0) is 21.0. The molecule has 4 nitrogen and oxygen atoms in total. The van der Waals surface area contributed by atoms with Crippen LogP contribution in [0.3, 0.4) is 0 Å². The topological polar surface area (TPSA) is 63.6 Å². The summed E-state index contributed by atoms with van der Waals surface area (Å²) in [7, 11) is 0. The molecule has 1 aromatic carbocycles. The Labute approximate surface area is 181 Å². The van der Waals surface area contributed by atoms with Crippen LogP contribution in [0.15, 0.2) is 12.1 Å². The Morgan fingerprint density at radius 3 is 2.27 bits per heavy atom. The number of ether oxygens (including phenoxy) is 1. The molecule has 6 rings (SSSR count). The van der Waals surface area contributed by atoms with Crippen molar-refractivity contribution >= 4 is 23.4 Å². The molecule has 30 heavy (non-hydrogen) atoms. The molecule has 5 saturated carbocycles. The number of carbonyl (C=O) groups is 2. The smallest absolute Gasteiger partial charge is 0.307 e. The fourth-order valence-corrected chi connectivity index (χ4v) is 7.51. The van der Waals surface area contributed by atoms with Crippen molar-refractivity contribution < 1.29 is 23.8 Å². The van der Waals surface area contributed by atoms with E-state index in [0.717, 1.165) is 17.8 Å². The lowest BCUT2D eigenvalue weighted by atomic mass is 9.50. The van der Waals surface area contributed by atoms with E-state index in [1.165, 1.54) is 50.7 Å². The molecule has 0 heterocycles. The minimum Gasteiger partial charge on any atom is -0.491 e. The standard InChI is InChI=1S/C24H28ClFO4/c25-19-7-18(22(27)16-2-1-3-17(16)23(28)29)20(26)8-21(19)30-12-24-9-13-4-14(10-24)6-15(5-13)11-24/h7-8,13-17H,1-6,9-12H2,(H,28,29)/t13?,14?,15?,16-,17-,24?/m1/s1. The lowest BCUT2D eigenvalue weighted by Gasteiger charge is -2.56. The van der Waals surface area contributed by atoms with Crippen LogP contribution < -0.4 is 4.74 Å². The van der Waals surface area contributed by atoms with Gasteiger partial charge in [-0.05, 0) is 75.2 Å². The van der Waals surface area contributed by atoms with E-state index in [2.05, 4.69) is 0 Å². The Kier molecular flexibility index (Phi) is 5.08. The first kappa shape index (κ1) is 20.3. The fourth-order valence-electron chi connectivity index (χ4n) is 7.29. The third-order valence-corrected chi connectivity index (χ3v) is 8.45. The van der Waals surface area contributed by atoms with Crippen LogP contribution >= 0.6 is 11.6 Å². The molecule has 0 unspecified atom stereocenters. The molecule has 1 aromatic rings. The van der Waals surface area contributed by atoms with Gasteiger partial charge in [0.25, 0.3) is 0 Å². The summed E-state index contributed by atoms with van der Waals surface area (Å²) in [6.45, 7) is 0.548. The van der Waals surface area contributed by atoms with Crippen LogP contribution in [0.25, 0.3) is 0 Å². The molecule has 0 radical (unpaired) electrons. The maximum absolute atomic E-state index is 14.8. The summed E-state index contributed by atoms with van der Waals surface area (Å²) < 4.78 is 20.9. The van der Waals surface area contributed by atoms with Gasteiger partial charge in [0.15, 0.2) is 5.78 Å². The highest BCUT2D eigenvalue weighted by atomic mass is 35.5. The molecule has 5 fully saturated rings. The molecule has 6 heteroatoms. The van der Waals surface area contributed by atoms with Crippen LogP contribution in [-0.2, 0) is 4.79 Å². The number of rotatable bonds is 6. The SMILES string of the molecule is O=C(O)[C@@H]1CCC[C@H]1C(=O)c1cc(Cl)c(OCC23CC4CC(CC(C4)C2)C3)cc1F. The van der Waals surface area contributed by atoms with E-state index in [1.807, 2.05) is 0 Å². The number of hydrogen-bond acceptors (Lipinski definition) is 3. The van der Waals surface area contributed by atoms with Crippen molar-refractivity contribution in [2.45, 2.75) is 57.8 Å². The minimum absolute atomic E-state index is 0.125. The quantitative estimate of drug-likeness (QED) is 0.578. The summed E-state index contributed by atoms with van der Waals surface area (Å²) in [6, 6.07) is 2.53. The highest BCUT2D eigenvalue weighted by molar-refractivity contribution is 6.32. The van der Waals surface area contributed by atoms with Gasteiger partial charge in [0.2, 0.25) is 0 Å². The second-order valence-corrected chi connectivity index (χ2v) is 10.7. The van der Waals surface area contributed by atoms with Gasteiger partial charge < -0.3 is 9.84 Å². The van der Waals surface area contributed by atoms with Crippen LogP contribution in [0, 0.1) is 40.8 Å². The van der Waals surface area contributed by atoms with Crippen molar-refractivity contribution in [1.82, 2.24) is 0 Å². The van der Waals surface area contributed by atoms with Crippen molar-refractivity contribution in [2.75, 3.05) is 6.61 Å². The maximum Gasteiger partial charge on any atom is 0.307 e. The van der Waals surface area contributed by atoms with Gasteiger partial charge in [-0.2, -0.15) is 0 Å². The molecular formula is C24H28ClFO4. The Bertz CT molecular complexity index is 847. The van der Waals surface area contributed by atoms with Gasteiger partial charge in [-0.15, -0.1) is 0 Å². The number of aliphatic carboxylic acids is 1. The molecule has 4 bridgehead atoms. The highest BCUT2D eigenvalue weighted by Crippen LogP contribution is 2.60. The first-order valence-electron chi connectivity index (χ1n) is 11.2. The van der Waals surface area contributed by atoms with Crippen molar-refractivity contribution in [3.8, 4) is 5.75 Å². The van der Waals surface area contributed by atoms with E-state index in [-0.39, 0.29) is 21.8 Å². The summed E-state index contributed by atoms with van der Waals surface area (Å²) in [4.78, 5) is 24.2. The first-order valence-corrected chi connectivity index (χ1v) is 11.6. The zero-order valence-corrected chi connectivity index (χ0v) is 17.8. The Morgan fingerprint density at radius 2 is 1.67 bits per heavy atom. The molecule has 1 N–H and O–H groups in total. The monoisotopic (exact) mass is 434 g/mol. The highest BCUT2D eigenvalue weighted by Gasteiger charge is 2.51. The van der Waals surface area contributed by atoms with Gasteiger partial charge in [0.1, 0.15) is 11.6 Å². The summed E-state index contributed by atoms with van der Waals surface area (Å²) >= 11 is 6.38. The second-order valence-electron chi connectivity index (χ2n) is 10.3. The van der Waals surface area contributed by atoms with Gasteiger partial charge in [0, 0.05) is 17.4 Å². The van der Waals surface area contributed by atoms with Crippen LogP contribution in [-0.4, -0.2) is 23.5 Å². The number of carboxylic acids is 1. The van der Waals surface area contributed by atoms with E-state index >= 15 is 0 Å². The van der Waals surface area contributed by atoms with E-state index in [0.29, 0.717) is 25.9 Å². The average Bonchev–Trinajstić information content (AvgIpc) is 3.17. The third-order valence-electron chi connectivity index (χ3n) is 8.16. The zero-order valence-electron chi connectivity index (χ0n) is 17.0. The average molecular weight is 435 g/mol. The van der Waals surface area contributed by atoms with Crippen LogP contribution in [0.2, 0.25) is 5.02 Å². The Balaban J connectivity index is 1.31. The van der Waals surface area contributed by atoms with Crippen LogP contribution in [0.1, 0.15) is 68.1 Å². The molecular weight excluding hydrogens is 407 g/mol. The summed E-state index contributed by atoms with van der Waals surface area (Å²) in [5.74, 6) is -0.875. The number of benzene rings is 1. The molecule has 5 aliphatic carbocycles. The normalized spacial score (nSPS) is 36.8. The lowest BCUT2D eigenvalue weighted by Crippen LogP contribution is -2.48. The van der Waals surface area contributed by atoms with Crippen molar-refractivity contribution in [3.05, 3.63) is 28.5 Å². The second kappa shape index (κ2) is 7.51. The lowest BCUT2D eigenvalue weighted by molar-refractivity contribution is -0.142. The molecule has 5 aliphatic rings. The predicted molar refractivity (Wildman–Crippen MR) is 110 cm³/mol. The fraction of sp³-hybridized carbons (Fsp3) is 0.667. The number of ketones is 1. The van der Waals surface area contributed by atoms with E-state index in [1.54, 1.807) is 0 Å². The summed E-state index contributed by atoms with van der Waals surface area (Å²) in [6.07, 6.45) is 9.20. The van der Waals surface area contributed by atoms with E-state index < -0.39 is 29.4 Å². The van der Waals surface area contributed by atoms with Gasteiger partial charge in [0.05, 0.1) is 23.1 Å². The molecule has 162 valence electrons. The predicted octanol–water partition coefficient (Wildman–Crippen LogP) is 5.76. The summed E-state index contributed by atoms with van der Waals surface area (Å²) in [5, 5.41) is 9.56.